The third-order valence-corrected chi connectivity index (χ3v) is 4.74. The van der Waals surface area contributed by atoms with Crippen LogP contribution in [0.25, 0.3) is 0 Å². The lowest BCUT2D eigenvalue weighted by atomic mass is 10.1. The lowest BCUT2D eigenvalue weighted by Crippen LogP contribution is -2.59. The van der Waals surface area contributed by atoms with Crippen molar-refractivity contribution in [1.82, 2.24) is 35.9 Å². The van der Waals surface area contributed by atoms with Crippen molar-refractivity contribution in [2.24, 2.45) is 5.73 Å². The summed E-state index contributed by atoms with van der Waals surface area (Å²) in [4.78, 5) is 62.0. The zero-order valence-corrected chi connectivity index (χ0v) is 18.1. The van der Waals surface area contributed by atoms with Crippen LogP contribution in [0.4, 0.5) is 0 Å². The third kappa shape index (κ3) is 7.69. The predicted molar refractivity (Wildman–Crippen MR) is 113 cm³/mol. The SMILES string of the molecule is CC(NC(=O)C(NC(=O)C(N)Cc1cnc[nH]1)C(C)O)C(=O)NC(Cc1cnc[nH]1)C(=O)O. The van der Waals surface area contributed by atoms with E-state index in [9.17, 15) is 29.4 Å². The summed E-state index contributed by atoms with van der Waals surface area (Å²) >= 11 is 0. The number of aromatic amines is 2. The van der Waals surface area contributed by atoms with Gasteiger partial charge >= 0.3 is 5.97 Å². The zero-order chi connectivity index (χ0) is 24.5. The number of nitrogens with two attached hydrogens (primary N) is 1. The molecule has 0 aliphatic heterocycles. The van der Waals surface area contributed by atoms with Gasteiger partial charge < -0.3 is 41.9 Å². The molecule has 0 bridgehead atoms. The first-order valence-electron chi connectivity index (χ1n) is 10.1. The van der Waals surface area contributed by atoms with Crippen LogP contribution in [0.1, 0.15) is 25.2 Å². The molecule has 0 aliphatic carbocycles. The fourth-order valence-electron chi connectivity index (χ4n) is 2.87. The Balaban J connectivity index is 1.93. The predicted octanol–water partition coefficient (Wildman–Crippen LogP) is -2.81. The number of aliphatic hydroxyl groups is 1. The van der Waals surface area contributed by atoms with Crippen molar-refractivity contribution in [1.29, 1.82) is 0 Å². The van der Waals surface area contributed by atoms with Gasteiger partial charge in [0, 0.05) is 36.6 Å². The van der Waals surface area contributed by atoms with Crippen molar-refractivity contribution in [3.63, 3.8) is 0 Å². The molecule has 3 amide bonds. The van der Waals surface area contributed by atoms with E-state index >= 15 is 0 Å². The van der Waals surface area contributed by atoms with E-state index in [4.69, 9.17) is 5.73 Å². The van der Waals surface area contributed by atoms with Crippen LogP contribution in [0.5, 0.6) is 0 Å². The van der Waals surface area contributed by atoms with E-state index < -0.39 is 54.0 Å². The first-order chi connectivity index (χ1) is 15.6. The molecule has 0 aliphatic rings. The minimum Gasteiger partial charge on any atom is -0.480 e. The summed E-state index contributed by atoms with van der Waals surface area (Å²) in [5.74, 6) is -3.55. The van der Waals surface area contributed by atoms with Crippen LogP contribution in [0.15, 0.2) is 25.0 Å². The Labute approximate surface area is 188 Å². The van der Waals surface area contributed by atoms with Gasteiger partial charge in [-0.15, -0.1) is 0 Å². The largest absolute Gasteiger partial charge is 0.480 e. The molecule has 0 saturated carbocycles. The van der Waals surface area contributed by atoms with Gasteiger partial charge in [0.25, 0.3) is 0 Å². The van der Waals surface area contributed by atoms with E-state index in [0.29, 0.717) is 11.4 Å². The molecule has 33 heavy (non-hydrogen) atoms. The number of hydrogen-bond acceptors (Lipinski definition) is 8. The Morgan fingerprint density at radius 3 is 2.00 bits per heavy atom. The van der Waals surface area contributed by atoms with E-state index in [2.05, 4.69) is 35.9 Å². The number of nitrogens with zero attached hydrogens (tertiary/aromatic N) is 2. The second-order valence-electron chi connectivity index (χ2n) is 7.52. The summed E-state index contributed by atoms with van der Waals surface area (Å²) in [5.41, 5.74) is 6.96. The number of carbonyl (C=O) groups is 4. The van der Waals surface area contributed by atoms with E-state index in [-0.39, 0.29) is 12.8 Å². The molecule has 14 heteroatoms. The molecule has 2 heterocycles. The van der Waals surface area contributed by atoms with Gasteiger partial charge in [-0.05, 0) is 13.8 Å². The molecule has 0 aromatic carbocycles. The fraction of sp³-hybridized carbons (Fsp3) is 0.474. The number of carboxylic acids is 1. The normalized spacial score (nSPS) is 15.5. The minimum absolute atomic E-state index is 0.0394. The summed E-state index contributed by atoms with van der Waals surface area (Å²) in [6.07, 6.45) is 4.54. The van der Waals surface area contributed by atoms with Crippen molar-refractivity contribution < 1.29 is 29.4 Å². The number of carboxylic acid groups (broad SMARTS) is 1. The molecule has 0 radical (unpaired) electrons. The summed E-state index contributed by atoms with van der Waals surface area (Å²) < 4.78 is 0. The fourth-order valence-corrected chi connectivity index (χ4v) is 2.87. The van der Waals surface area contributed by atoms with Crippen molar-refractivity contribution in [2.75, 3.05) is 0 Å². The van der Waals surface area contributed by atoms with Gasteiger partial charge in [-0.3, -0.25) is 14.4 Å². The highest BCUT2D eigenvalue weighted by Crippen LogP contribution is 2.02. The van der Waals surface area contributed by atoms with Gasteiger partial charge in [0.1, 0.15) is 18.1 Å². The minimum atomic E-state index is -1.39. The van der Waals surface area contributed by atoms with Gasteiger partial charge in [-0.25, -0.2) is 14.8 Å². The molecule has 2 aromatic heterocycles. The summed E-state index contributed by atoms with van der Waals surface area (Å²) in [6.45, 7) is 2.63. The Morgan fingerprint density at radius 1 is 0.939 bits per heavy atom. The highest BCUT2D eigenvalue weighted by molar-refractivity contribution is 5.94. The van der Waals surface area contributed by atoms with Gasteiger partial charge in [-0.2, -0.15) is 0 Å². The first-order valence-corrected chi connectivity index (χ1v) is 10.1. The molecule has 180 valence electrons. The van der Waals surface area contributed by atoms with E-state index in [0.717, 1.165) is 0 Å². The van der Waals surface area contributed by atoms with E-state index in [1.54, 1.807) is 0 Å². The molecule has 2 aromatic rings. The number of carbonyl (C=O) groups excluding carboxylic acids is 3. The quantitative estimate of drug-likeness (QED) is 0.162. The van der Waals surface area contributed by atoms with Crippen LogP contribution in [-0.4, -0.2) is 84.1 Å². The second-order valence-corrected chi connectivity index (χ2v) is 7.52. The molecule has 0 fully saturated rings. The van der Waals surface area contributed by atoms with Crippen LogP contribution in [0, 0.1) is 0 Å². The molecule has 5 unspecified atom stereocenters. The number of rotatable bonds is 12. The Bertz CT molecular complexity index is 930. The standard InChI is InChI=1S/C19H28N8O6/c1-9(16(29)26-14(19(32)33)4-12-6-22-8-24-12)25-18(31)15(10(2)28)27-17(30)13(20)3-11-5-21-7-23-11/h5-10,13-15,28H,3-4,20H2,1-2H3,(H,21,23)(H,22,24)(H,25,31)(H,26,29)(H,27,30)(H,32,33). The Kier molecular flexibility index (Phi) is 9.06. The second kappa shape index (κ2) is 11.7. The average molecular weight is 464 g/mol. The summed E-state index contributed by atoms with van der Waals surface area (Å²) in [6, 6.07) is -4.82. The monoisotopic (exact) mass is 464 g/mol. The van der Waals surface area contributed by atoms with Crippen molar-refractivity contribution in [3.05, 3.63) is 36.4 Å². The maximum atomic E-state index is 12.6. The number of aromatic nitrogens is 4. The zero-order valence-electron chi connectivity index (χ0n) is 18.1. The summed E-state index contributed by atoms with van der Waals surface area (Å²) in [7, 11) is 0. The molecule has 5 atom stereocenters. The molecule has 9 N–H and O–H groups in total. The Hall–Kier alpha value is -3.78. The molecule has 0 spiro atoms. The highest BCUT2D eigenvalue weighted by Gasteiger charge is 2.31. The first kappa shape index (κ1) is 25.5. The molecule has 2 rings (SSSR count). The van der Waals surface area contributed by atoms with E-state index in [1.165, 1.54) is 38.9 Å². The molecule has 14 nitrogen and oxygen atoms in total. The number of imidazole rings is 2. The van der Waals surface area contributed by atoms with Crippen LogP contribution in [-0.2, 0) is 32.0 Å². The molecular formula is C19H28N8O6. The number of nitrogens with one attached hydrogen (secondary N) is 5. The van der Waals surface area contributed by atoms with Crippen molar-refractivity contribution >= 4 is 23.7 Å². The number of H-pyrrole nitrogens is 2. The number of aliphatic hydroxyl groups excluding tert-OH is 1. The van der Waals surface area contributed by atoms with Gasteiger partial charge in [-0.1, -0.05) is 0 Å². The maximum absolute atomic E-state index is 12.6. The van der Waals surface area contributed by atoms with Crippen LogP contribution in [0.2, 0.25) is 0 Å². The van der Waals surface area contributed by atoms with Gasteiger partial charge in [0.15, 0.2) is 0 Å². The Morgan fingerprint density at radius 2 is 1.52 bits per heavy atom. The summed E-state index contributed by atoms with van der Waals surface area (Å²) in [5, 5.41) is 26.4. The topological polar surface area (TPSA) is 228 Å². The van der Waals surface area contributed by atoms with Crippen LogP contribution in [0.3, 0.4) is 0 Å². The van der Waals surface area contributed by atoms with Gasteiger partial charge in [0.05, 0.1) is 24.8 Å². The van der Waals surface area contributed by atoms with E-state index in [1.807, 2.05) is 0 Å². The lowest BCUT2D eigenvalue weighted by molar-refractivity contribution is -0.142. The molecular weight excluding hydrogens is 436 g/mol. The number of hydrogen-bond donors (Lipinski definition) is 8. The smallest absolute Gasteiger partial charge is 0.326 e. The maximum Gasteiger partial charge on any atom is 0.326 e. The van der Waals surface area contributed by atoms with Crippen LogP contribution < -0.4 is 21.7 Å². The number of aliphatic carboxylic acids is 1. The number of amides is 3. The van der Waals surface area contributed by atoms with Crippen molar-refractivity contribution in [3.8, 4) is 0 Å². The van der Waals surface area contributed by atoms with Crippen molar-refractivity contribution in [2.45, 2.75) is 57.0 Å². The van der Waals surface area contributed by atoms with Crippen LogP contribution >= 0.6 is 0 Å². The lowest BCUT2D eigenvalue weighted by Gasteiger charge is -2.25. The highest BCUT2D eigenvalue weighted by atomic mass is 16.4. The van der Waals surface area contributed by atoms with Gasteiger partial charge in [0.2, 0.25) is 17.7 Å². The third-order valence-electron chi connectivity index (χ3n) is 4.74. The molecule has 0 saturated heterocycles. The average Bonchev–Trinajstić information content (AvgIpc) is 3.44.